The number of aliphatic hydroxyl groups excluding tert-OH is 1. The van der Waals surface area contributed by atoms with E-state index in [-0.39, 0.29) is 5.69 Å². The average molecular weight is 312 g/mol. The molecule has 20 heavy (non-hydrogen) atoms. The van der Waals surface area contributed by atoms with E-state index in [1.165, 1.54) is 0 Å². The van der Waals surface area contributed by atoms with E-state index in [9.17, 15) is 18.4 Å². The van der Waals surface area contributed by atoms with Crippen molar-refractivity contribution in [1.82, 2.24) is 9.78 Å². The number of hydrogen-bond acceptors (Lipinski definition) is 6. The first-order valence-corrected chi connectivity index (χ1v) is 5.73. The second-order valence-corrected chi connectivity index (χ2v) is 4.16. The minimum absolute atomic E-state index is 0.120. The molecule has 1 aromatic heterocycles. The van der Waals surface area contributed by atoms with Gasteiger partial charge in [0.2, 0.25) is 0 Å². The number of esters is 1. The molecule has 0 fully saturated rings. The van der Waals surface area contributed by atoms with Gasteiger partial charge in [0, 0.05) is 0 Å². The van der Waals surface area contributed by atoms with Gasteiger partial charge in [0.15, 0.2) is 0 Å². The molecule has 112 valence electrons. The molecule has 0 spiro atoms. The number of rotatable bonds is 6. The number of methoxy groups -OCH3 is 1. The van der Waals surface area contributed by atoms with Gasteiger partial charge in [0.1, 0.15) is 18.2 Å². The molecule has 0 saturated heterocycles. The lowest BCUT2D eigenvalue weighted by Gasteiger charge is -2.15. The van der Waals surface area contributed by atoms with E-state index in [0.29, 0.717) is 0 Å². The van der Waals surface area contributed by atoms with Crippen LogP contribution in [0.5, 0.6) is 0 Å². The van der Waals surface area contributed by atoms with E-state index in [1.54, 1.807) is 0 Å². The molecule has 1 aromatic rings. The summed E-state index contributed by atoms with van der Waals surface area (Å²) < 4.78 is 30.8. The van der Waals surface area contributed by atoms with Crippen LogP contribution in [0, 0.1) is 0 Å². The SMILES string of the molecule is COC(=O)Cn1ncc(NCC(F)(F)CO)c(Cl)c1=O. The summed E-state index contributed by atoms with van der Waals surface area (Å²) in [6.45, 7) is -2.70. The van der Waals surface area contributed by atoms with Crippen LogP contribution in [-0.2, 0) is 16.1 Å². The van der Waals surface area contributed by atoms with Crippen molar-refractivity contribution in [2.75, 3.05) is 25.6 Å². The summed E-state index contributed by atoms with van der Waals surface area (Å²) >= 11 is 5.70. The lowest BCUT2D eigenvalue weighted by atomic mass is 10.3. The third-order valence-electron chi connectivity index (χ3n) is 2.26. The summed E-state index contributed by atoms with van der Waals surface area (Å²) in [5, 5.41) is 13.8. The minimum atomic E-state index is -3.36. The number of halogens is 3. The van der Waals surface area contributed by atoms with Crippen molar-refractivity contribution in [1.29, 1.82) is 0 Å². The van der Waals surface area contributed by atoms with Crippen LogP contribution in [0.3, 0.4) is 0 Å². The van der Waals surface area contributed by atoms with Crippen LogP contribution in [0.1, 0.15) is 0 Å². The van der Waals surface area contributed by atoms with Crippen LogP contribution in [0.25, 0.3) is 0 Å². The molecule has 0 aromatic carbocycles. The van der Waals surface area contributed by atoms with Gasteiger partial charge in [-0.15, -0.1) is 0 Å². The summed E-state index contributed by atoms with van der Waals surface area (Å²) in [4.78, 5) is 22.7. The zero-order valence-electron chi connectivity index (χ0n) is 10.4. The summed E-state index contributed by atoms with van der Waals surface area (Å²) in [5.74, 6) is -4.06. The first kappa shape index (κ1) is 16.3. The van der Waals surface area contributed by atoms with Crippen molar-refractivity contribution in [3.63, 3.8) is 0 Å². The molecule has 0 unspecified atom stereocenters. The summed E-state index contributed by atoms with van der Waals surface area (Å²) in [6, 6.07) is 0. The molecular weight excluding hydrogens is 300 g/mol. The van der Waals surface area contributed by atoms with Gasteiger partial charge in [-0.1, -0.05) is 11.6 Å². The Morgan fingerprint density at radius 3 is 2.85 bits per heavy atom. The van der Waals surface area contributed by atoms with Gasteiger partial charge >= 0.3 is 5.97 Å². The highest BCUT2D eigenvalue weighted by molar-refractivity contribution is 6.32. The van der Waals surface area contributed by atoms with Crippen molar-refractivity contribution in [3.8, 4) is 0 Å². The smallest absolute Gasteiger partial charge is 0.327 e. The first-order valence-electron chi connectivity index (χ1n) is 5.35. The number of nitrogens with one attached hydrogen (secondary N) is 1. The maximum atomic E-state index is 12.8. The van der Waals surface area contributed by atoms with Gasteiger partial charge in [-0.3, -0.25) is 9.59 Å². The summed E-state index contributed by atoms with van der Waals surface area (Å²) in [6.07, 6.45) is 1.03. The van der Waals surface area contributed by atoms with Crippen LogP contribution in [0.15, 0.2) is 11.0 Å². The molecular formula is C10H12ClF2N3O4. The Morgan fingerprint density at radius 1 is 1.65 bits per heavy atom. The fourth-order valence-corrected chi connectivity index (χ4v) is 1.38. The van der Waals surface area contributed by atoms with Crippen molar-refractivity contribution >= 4 is 23.3 Å². The Bertz CT molecular complexity index is 550. The number of hydrogen-bond donors (Lipinski definition) is 2. The van der Waals surface area contributed by atoms with Crippen LogP contribution in [0.2, 0.25) is 5.02 Å². The highest BCUT2D eigenvalue weighted by atomic mass is 35.5. The van der Waals surface area contributed by atoms with E-state index in [1.807, 2.05) is 0 Å². The third-order valence-corrected chi connectivity index (χ3v) is 2.63. The largest absolute Gasteiger partial charge is 0.468 e. The molecule has 1 rings (SSSR count). The number of aromatic nitrogens is 2. The molecule has 0 bridgehead atoms. The van der Waals surface area contributed by atoms with E-state index in [4.69, 9.17) is 16.7 Å². The molecule has 0 aliphatic rings. The fraction of sp³-hybridized carbons (Fsp3) is 0.500. The predicted molar refractivity (Wildman–Crippen MR) is 66.0 cm³/mol. The van der Waals surface area contributed by atoms with Gasteiger partial charge in [-0.2, -0.15) is 5.10 Å². The second kappa shape index (κ2) is 6.62. The highest BCUT2D eigenvalue weighted by Crippen LogP contribution is 2.18. The lowest BCUT2D eigenvalue weighted by molar-refractivity contribution is -0.141. The third kappa shape index (κ3) is 4.14. The zero-order valence-corrected chi connectivity index (χ0v) is 11.2. The number of carbonyl (C=O) groups excluding carboxylic acids is 1. The number of nitrogens with zero attached hydrogens (tertiary/aromatic N) is 2. The Kier molecular flexibility index (Phi) is 5.40. The molecule has 0 radical (unpaired) electrons. The van der Waals surface area contributed by atoms with E-state index in [2.05, 4.69) is 15.2 Å². The van der Waals surface area contributed by atoms with E-state index >= 15 is 0 Å². The van der Waals surface area contributed by atoms with Gasteiger partial charge in [0.05, 0.1) is 25.5 Å². The minimum Gasteiger partial charge on any atom is -0.468 e. The van der Waals surface area contributed by atoms with E-state index < -0.39 is 42.2 Å². The molecule has 0 amide bonds. The first-order chi connectivity index (χ1) is 9.30. The molecule has 0 saturated carbocycles. The number of aliphatic hydroxyl groups is 1. The molecule has 10 heteroatoms. The molecule has 0 aliphatic carbocycles. The van der Waals surface area contributed by atoms with Gasteiger partial charge in [-0.05, 0) is 0 Å². The Balaban J connectivity index is 2.89. The van der Waals surface area contributed by atoms with Crippen molar-refractivity contribution in [3.05, 3.63) is 21.6 Å². The maximum Gasteiger partial charge on any atom is 0.327 e. The van der Waals surface area contributed by atoms with Gasteiger partial charge in [-0.25, -0.2) is 13.5 Å². The topological polar surface area (TPSA) is 93.5 Å². The van der Waals surface area contributed by atoms with Crippen molar-refractivity contribution in [2.45, 2.75) is 12.5 Å². The maximum absolute atomic E-state index is 12.8. The molecule has 0 aliphatic heterocycles. The van der Waals surface area contributed by atoms with Crippen molar-refractivity contribution < 1.29 is 23.4 Å². The quantitative estimate of drug-likeness (QED) is 0.724. The second-order valence-electron chi connectivity index (χ2n) is 3.78. The van der Waals surface area contributed by atoms with Gasteiger partial charge in [0.25, 0.3) is 11.5 Å². The normalized spacial score (nSPS) is 11.2. The van der Waals surface area contributed by atoms with Crippen LogP contribution >= 0.6 is 11.6 Å². The summed E-state index contributed by atoms with van der Waals surface area (Å²) in [7, 11) is 1.14. The standard InChI is InChI=1S/C10H12ClF2N3O4/c1-20-7(18)3-16-9(19)8(11)6(2-15-16)14-4-10(12,13)5-17/h2,14,17H,3-5H2,1H3. The number of ether oxygens (including phenoxy) is 1. The van der Waals surface area contributed by atoms with Crippen LogP contribution in [0.4, 0.5) is 14.5 Å². The molecule has 2 N–H and O–H groups in total. The molecule has 7 nitrogen and oxygen atoms in total. The summed E-state index contributed by atoms with van der Waals surface area (Å²) in [5.41, 5.74) is -0.944. The fourth-order valence-electron chi connectivity index (χ4n) is 1.17. The Labute approximate surface area is 117 Å². The van der Waals surface area contributed by atoms with E-state index in [0.717, 1.165) is 18.0 Å². The predicted octanol–water partition coefficient (Wildman–Crippen LogP) is 0.109. The van der Waals surface area contributed by atoms with Crippen LogP contribution < -0.4 is 10.9 Å². The monoisotopic (exact) mass is 311 g/mol. The molecule has 0 atom stereocenters. The van der Waals surface area contributed by atoms with Crippen molar-refractivity contribution in [2.24, 2.45) is 0 Å². The molecule has 1 heterocycles. The number of anilines is 1. The highest BCUT2D eigenvalue weighted by Gasteiger charge is 2.27. The number of alkyl halides is 2. The zero-order chi connectivity index (χ0) is 15.3. The van der Waals surface area contributed by atoms with Gasteiger partial charge < -0.3 is 15.2 Å². The average Bonchev–Trinajstić information content (AvgIpc) is 2.43. The lowest BCUT2D eigenvalue weighted by Crippen LogP contribution is -2.33. The Morgan fingerprint density at radius 2 is 2.30 bits per heavy atom. The Hall–Kier alpha value is -1.74. The number of carbonyl (C=O) groups is 1. The van der Waals surface area contributed by atoms with Crippen LogP contribution in [-0.4, -0.2) is 47.0 Å².